The van der Waals surface area contributed by atoms with Crippen molar-refractivity contribution in [3.63, 3.8) is 0 Å². The molecule has 0 aliphatic carbocycles. The number of piperidine rings is 1. The molecule has 0 radical (unpaired) electrons. The quantitative estimate of drug-likeness (QED) is 0.771. The average Bonchev–Trinajstić information content (AvgIpc) is 2.62. The highest BCUT2D eigenvalue weighted by atomic mass is 35.5. The van der Waals surface area contributed by atoms with Gasteiger partial charge in [0.25, 0.3) is 5.91 Å². The summed E-state index contributed by atoms with van der Waals surface area (Å²) in [7, 11) is 0. The highest BCUT2D eigenvalue weighted by molar-refractivity contribution is 6.19. The Hall–Kier alpha value is -1.75. The molecule has 2 amide bonds. The van der Waals surface area contributed by atoms with E-state index in [1.54, 1.807) is 0 Å². The van der Waals surface area contributed by atoms with Crippen molar-refractivity contribution < 1.29 is 14.3 Å². The topological polar surface area (TPSA) is 58.6 Å². The smallest absolute Gasteiger partial charge is 0.258 e. The Bertz CT molecular complexity index is 652. The zero-order chi connectivity index (χ0) is 19.3. The van der Waals surface area contributed by atoms with Crippen LogP contribution in [0.25, 0.3) is 0 Å². The molecule has 1 saturated heterocycles. The van der Waals surface area contributed by atoms with Gasteiger partial charge in [0.2, 0.25) is 5.91 Å². The van der Waals surface area contributed by atoms with Gasteiger partial charge in [-0.1, -0.05) is 6.07 Å². The molecular formula is C20H29ClN2O3. The number of halogens is 1. The number of amides is 2. The van der Waals surface area contributed by atoms with E-state index >= 15 is 0 Å². The van der Waals surface area contributed by atoms with E-state index in [1.807, 2.05) is 50.8 Å². The normalized spacial score (nSPS) is 15.7. The molecule has 26 heavy (non-hydrogen) atoms. The molecule has 1 aliphatic rings. The van der Waals surface area contributed by atoms with Crippen LogP contribution in [0.15, 0.2) is 18.2 Å². The van der Waals surface area contributed by atoms with Crippen LogP contribution in [-0.2, 0) is 9.59 Å². The lowest BCUT2D eigenvalue weighted by Crippen LogP contribution is -2.50. The van der Waals surface area contributed by atoms with Crippen LogP contribution in [0.1, 0.15) is 37.8 Å². The maximum atomic E-state index is 12.4. The molecule has 0 atom stereocenters. The van der Waals surface area contributed by atoms with Gasteiger partial charge in [-0.05, 0) is 63.8 Å². The molecule has 144 valence electrons. The van der Waals surface area contributed by atoms with Crippen molar-refractivity contribution in [2.75, 3.05) is 25.6 Å². The average molecular weight is 381 g/mol. The summed E-state index contributed by atoms with van der Waals surface area (Å²) < 4.78 is 5.57. The third-order valence-electron chi connectivity index (χ3n) is 4.91. The van der Waals surface area contributed by atoms with Crippen LogP contribution < -0.4 is 10.1 Å². The first-order valence-corrected chi connectivity index (χ1v) is 9.61. The van der Waals surface area contributed by atoms with E-state index < -0.39 is 5.41 Å². The second-order valence-corrected chi connectivity index (χ2v) is 7.95. The van der Waals surface area contributed by atoms with Crippen LogP contribution in [0.2, 0.25) is 0 Å². The van der Waals surface area contributed by atoms with Gasteiger partial charge in [-0.25, -0.2) is 0 Å². The van der Waals surface area contributed by atoms with E-state index in [9.17, 15) is 9.59 Å². The number of hydrogen-bond donors (Lipinski definition) is 1. The van der Waals surface area contributed by atoms with Crippen molar-refractivity contribution in [1.29, 1.82) is 0 Å². The molecule has 0 spiro atoms. The number of alkyl halides is 1. The van der Waals surface area contributed by atoms with Crippen molar-refractivity contribution in [2.24, 2.45) is 5.41 Å². The summed E-state index contributed by atoms with van der Waals surface area (Å²) in [4.78, 5) is 26.4. The monoisotopic (exact) mass is 380 g/mol. The maximum Gasteiger partial charge on any atom is 0.258 e. The Balaban J connectivity index is 1.75. The largest absolute Gasteiger partial charge is 0.484 e. The minimum atomic E-state index is -0.544. The third kappa shape index (κ3) is 5.37. The minimum absolute atomic E-state index is 0.000917. The predicted molar refractivity (Wildman–Crippen MR) is 104 cm³/mol. The van der Waals surface area contributed by atoms with E-state index in [1.165, 1.54) is 5.56 Å². The lowest BCUT2D eigenvalue weighted by molar-refractivity contribution is -0.140. The van der Waals surface area contributed by atoms with Gasteiger partial charge in [0.15, 0.2) is 6.61 Å². The lowest BCUT2D eigenvalue weighted by Gasteiger charge is -2.36. The molecule has 0 bridgehead atoms. The fourth-order valence-corrected chi connectivity index (χ4v) is 3.05. The molecule has 1 N–H and O–H groups in total. The van der Waals surface area contributed by atoms with Crippen LogP contribution in [0.4, 0.5) is 0 Å². The first-order chi connectivity index (χ1) is 12.2. The Morgan fingerprint density at radius 1 is 1.23 bits per heavy atom. The van der Waals surface area contributed by atoms with Crippen LogP contribution >= 0.6 is 11.6 Å². The van der Waals surface area contributed by atoms with Crippen LogP contribution in [-0.4, -0.2) is 48.3 Å². The first-order valence-electron chi connectivity index (χ1n) is 9.07. The Kier molecular flexibility index (Phi) is 6.93. The fraction of sp³-hybridized carbons (Fsp3) is 0.600. The van der Waals surface area contributed by atoms with Crippen LogP contribution in [0.5, 0.6) is 5.75 Å². The van der Waals surface area contributed by atoms with Crippen LogP contribution in [0.3, 0.4) is 0 Å². The fourth-order valence-electron chi connectivity index (χ4n) is 2.93. The number of aryl methyl sites for hydroxylation is 2. The zero-order valence-electron chi connectivity index (χ0n) is 16.1. The van der Waals surface area contributed by atoms with Gasteiger partial charge < -0.3 is 15.0 Å². The number of nitrogens with one attached hydrogen (secondary N) is 1. The molecule has 1 aliphatic heterocycles. The number of likely N-dealkylation sites (tertiary alicyclic amines) is 1. The van der Waals surface area contributed by atoms with E-state index in [2.05, 4.69) is 5.32 Å². The molecule has 1 aromatic carbocycles. The first kappa shape index (κ1) is 20.6. The van der Waals surface area contributed by atoms with Gasteiger partial charge in [-0.2, -0.15) is 0 Å². The lowest BCUT2D eigenvalue weighted by atomic mass is 9.92. The summed E-state index contributed by atoms with van der Waals surface area (Å²) >= 11 is 5.89. The van der Waals surface area contributed by atoms with Crippen molar-refractivity contribution >= 4 is 23.4 Å². The number of rotatable bonds is 6. The molecule has 0 unspecified atom stereocenters. The van der Waals surface area contributed by atoms with Gasteiger partial charge >= 0.3 is 0 Å². The molecule has 1 heterocycles. The van der Waals surface area contributed by atoms with Crippen molar-refractivity contribution in [1.82, 2.24) is 10.2 Å². The Morgan fingerprint density at radius 2 is 1.88 bits per heavy atom. The predicted octanol–water partition coefficient (Wildman–Crippen LogP) is 3.05. The molecule has 0 aromatic heterocycles. The molecular weight excluding hydrogens is 352 g/mol. The van der Waals surface area contributed by atoms with Crippen molar-refractivity contribution in [3.05, 3.63) is 29.3 Å². The Labute approximate surface area is 161 Å². The van der Waals surface area contributed by atoms with E-state index in [0.717, 1.165) is 18.4 Å². The second-order valence-electron chi connectivity index (χ2n) is 7.69. The number of benzene rings is 1. The number of ether oxygens (including phenoxy) is 1. The summed E-state index contributed by atoms with van der Waals surface area (Å²) in [6, 6.07) is 5.87. The molecule has 2 rings (SSSR count). The standard InChI is InChI=1S/C20H29ClN2O3/c1-14-5-6-17(11-15(14)2)26-12-18(24)22-16-7-9-23(10-8-16)19(25)20(3,4)13-21/h5-6,11,16H,7-10,12-13H2,1-4H3,(H,22,24). The van der Waals surface area contributed by atoms with E-state index in [0.29, 0.717) is 24.7 Å². The van der Waals surface area contributed by atoms with E-state index in [-0.39, 0.29) is 24.5 Å². The molecule has 5 nitrogen and oxygen atoms in total. The van der Waals surface area contributed by atoms with Crippen molar-refractivity contribution in [3.8, 4) is 5.75 Å². The number of carbonyl (C=O) groups excluding carboxylic acids is 2. The van der Waals surface area contributed by atoms with E-state index in [4.69, 9.17) is 16.3 Å². The minimum Gasteiger partial charge on any atom is -0.484 e. The van der Waals surface area contributed by atoms with Gasteiger partial charge in [0.05, 0.1) is 5.41 Å². The summed E-state index contributed by atoms with van der Waals surface area (Å²) in [6.45, 7) is 9.06. The number of nitrogens with zero attached hydrogens (tertiary/aromatic N) is 1. The number of carbonyl (C=O) groups is 2. The highest BCUT2D eigenvalue weighted by Gasteiger charge is 2.33. The number of hydrogen-bond acceptors (Lipinski definition) is 3. The SMILES string of the molecule is Cc1ccc(OCC(=O)NC2CCN(C(=O)C(C)(C)CCl)CC2)cc1C. The third-order valence-corrected chi connectivity index (χ3v) is 5.58. The summed E-state index contributed by atoms with van der Waals surface area (Å²) in [5.41, 5.74) is 1.79. The van der Waals surface area contributed by atoms with Crippen LogP contribution in [0, 0.1) is 19.3 Å². The molecule has 1 fully saturated rings. The molecule has 1 aromatic rings. The summed E-state index contributed by atoms with van der Waals surface area (Å²) in [6.07, 6.45) is 1.50. The Morgan fingerprint density at radius 3 is 2.46 bits per heavy atom. The molecule has 0 saturated carbocycles. The zero-order valence-corrected chi connectivity index (χ0v) is 16.9. The molecule has 6 heteroatoms. The maximum absolute atomic E-state index is 12.4. The van der Waals surface area contributed by atoms with Gasteiger partial charge in [-0.15, -0.1) is 11.6 Å². The van der Waals surface area contributed by atoms with Gasteiger partial charge in [0.1, 0.15) is 5.75 Å². The van der Waals surface area contributed by atoms with Gasteiger partial charge in [-0.3, -0.25) is 9.59 Å². The second kappa shape index (κ2) is 8.76. The summed E-state index contributed by atoms with van der Waals surface area (Å²) in [5, 5.41) is 3.00. The van der Waals surface area contributed by atoms with Crippen molar-refractivity contribution in [2.45, 2.75) is 46.6 Å². The highest BCUT2D eigenvalue weighted by Crippen LogP contribution is 2.23. The summed E-state index contributed by atoms with van der Waals surface area (Å²) in [5.74, 6) is 0.953. The van der Waals surface area contributed by atoms with Gasteiger partial charge in [0, 0.05) is 25.0 Å².